The van der Waals surface area contributed by atoms with E-state index in [-0.39, 0.29) is 11.9 Å². The van der Waals surface area contributed by atoms with Gasteiger partial charge in [0.05, 0.1) is 5.69 Å². The normalized spacial score (nSPS) is 12.3. The number of amides is 1. The minimum Gasteiger partial charge on any atom is -0.373 e. The Morgan fingerprint density at radius 2 is 1.95 bits per heavy atom. The Kier molecular flexibility index (Phi) is 6.86. The zero-order chi connectivity index (χ0) is 14.4. The fourth-order valence-corrected chi connectivity index (χ4v) is 2.27. The van der Waals surface area contributed by atoms with Crippen LogP contribution in [0.3, 0.4) is 0 Å². The third-order valence-corrected chi connectivity index (χ3v) is 3.90. The number of hydrogen-bond donors (Lipinski definition) is 2. The van der Waals surface area contributed by atoms with Crippen molar-refractivity contribution >= 4 is 43.5 Å². The third kappa shape index (κ3) is 5.95. The van der Waals surface area contributed by atoms with Gasteiger partial charge in [0.25, 0.3) is 0 Å². The van der Waals surface area contributed by atoms with E-state index in [0.717, 1.165) is 27.6 Å². The maximum Gasteiger partial charge on any atom is 0.242 e. The lowest BCUT2D eigenvalue weighted by Gasteiger charge is -2.17. The summed E-state index contributed by atoms with van der Waals surface area (Å²) >= 11 is 6.88. The maximum atomic E-state index is 11.9. The number of benzene rings is 1. The van der Waals surface area contributed by atoms with Crippen LogP contribution in [-0.4, -0.2) is 18.5 Å². The molecule has 0 aliphatic heterocycles. The van der Waals surface area contributed by atoms with Crippen molar-refractivity contribution in [3.8, 4) is 0 Å². The highest BCUT2D eigenvalue weighted by molar-refractivity contribution is 9.11. The molecule has 0 fully saturated rings. The van der Waals surface area contributed by atoms with Crippen LogP contribution in [0.1, 0.15) is 27.2 Å². The lowest BCUT2D eigenvalue weighted by atomic mass is 10.1. The summed E-state index contributed by atoms with van der Waals surface area (Å²) in [5.41, 5.74) is 0.904. The van der Waals surface area contributed by atoms with Crippen molar-refractivity contribution in [2.75, 3.05) is 11.9 Å². The summed E-state index contributed by atoms with van der Waals surface area (Å²) in [6.45, 7) is 6.87. The molecule has 0 aliphatic carbocycles. The van der Waals surface area contributed by atoms with Crippen molar-refractivity contribution < 1.29 is 4.79 Å². The molecule has 1 amide bonds. The van der Waals surface area contributed by atoms with Crippen molar-refractivity contribution in [1.82, 2.24) is 5.32 Å². The number of hydrogen-bond acceptors (Lipinski definition) is 2. The summed E-state index contributed by atoms with van der Waals surface area (Å²) in [4.78, 5) is 11.9. The Bertz CT molecular complexity index is 435. The molecule has 0 aromatic heterocycles. The van der Waals surface area contributed by atoms with Gasteiger partial charge in [0, 0.05) is 15.5 Å². The van der Waals surface area contributed by atoms with Gasteiger partial charge in [0.15, 0.2) is 0 Å². The smallest absolute Gasteiger partial charge is 0.242 e. The Balaban J connectivity index is 2.51. The lowest BCUT2D eigenvalue weighted by molar-refractivity contribution is -0.121. The summed E-state index contributed by atoms with van der Waals surface area (Å²) in [5, 5.41) is 6.14. The SMILES string of the molecule is CC(C)CCNC(=O)C(C)Nc1cc(Br)ccc1Br. The van der Waals surface area contributed by atoms with E-state index in [2.05, 4.69) is 56.3 Å². The second kappa shape index (κ2) is 7.90. The summed E-state index contributed by atoms with van der Waals surface area (Å²) in [6.07, 6.45) is 0.999. The van der Waals surface area contributed by atoms with Crippen LogP contribution in [0, 0.1) is 5.92 Å². The van der Waals surface area contributed by atoms with Crippen molar-refractivity contribution in [1.29, 1.82) is 0 Å². The van der Waals surface area contributed by atoms with E-state index in [1.165, 1.54) is 0 Å². The highest BCUT2D eigenvalue weighted by atomic mass is 79.9. The van der Waals surface area contributed by atoms with Gasteiger partial charge in [-0.1, -0.05) is 29.8 Å². The predicted molar refractivity (Wildman–Crippen MR) is 87.4 cm³/mol. The molecule has 1 rings (SSSR count). The van der Waals surface area contributed by atoms with E-state index in [1.807, 2.05) is 25.1 Å². The number of anilines is 1. The van der Waals surface area contributed by atoms with Gasteiger partial charge in [-0.05, 0) is 53.4 Å². The zero-order valence-corrected chi connectivity index (χ0v) is 14.6. The zero-order valence-electron chi connectivity index (χ0n) is 11.5. The van der Waals surface area contributed by atoms with Gasteiger partial charge < -0.3 is 10.6 Å². The molecule has 0 radical (unpaired) electrons. The molecule has 0 spiro atoms. The molecule has 2 N–H and O–H groups in total. The van der Waals surface area contributed by atoms with E-state index in [9.17, 15) is 4.79 Å². The van der Waals surface area contributed by atoms with Gasteiger partial charge in [0.2, 0.25) is 5.91 Å². The molecule has 1 aromatic rings. The highest BCUT2D eigenvalue weighted by Crippen LogP contribution is 2.26. The van der Waals surface area contributed by atoms with Crippen molar-refractivity contribution in [2.24, 2.45) is 5.92 Å². The van der Waals surface area contributed by atoms with Gasteiger partial charge in [-0.3, -0.25) is 4.79 Å². The molecule has 0 bridgehead atoms. The first-order valence-electron chi connectivity index (χ1n) is 6.39. The number of rotatable bonds is 6. The van der Waals surface area contributed by atoms with Gasteiger partial charge >= 0.3 is 0 Å². The van der Waals surface area contributed by atoms with Crippen LogP contribution in [0.2, 0.25) is 0 Å². The van der Waals surface area contributed by atoms with E-state index < -0.39 is 0 Å². The molecule has 19 heavy (non-hydrogen) atoms. The van der Waals surface area contributed by atoms with Crippen LogP contribution in [0.15, 0.2) is 27.1 Å². The standard InChI is InChI=1S/C14H20Br2N2O/c1-9(2)6-7-17-14(19)10(3)18-13-8-11(15)4-5-12(13)16/h4-5,8-10,18H,6-7H2,1-3H3,(H,17,19). The van der Waals surface area contributed by atoms with Gasteiger partial charge in [-0.25, -0.2) is 0 Å². The van der Waals surface area contributed by atoms with E-state index in [1.54, 1.807) is 0 Å². The predicted octanol–water partition coefficient (Wildman–Crippen LogP) is 4.17. The largest absolute Gasteiger partial charge is 0.373 e. The molecule has 0 aliphatic rings. The fourth-order valence-electron chi connectivity index (χ4n) is 1.54. The summed E-state index contributed by atoms with van der Waals surface area (Å²) < 4.78 is 1.92. The second-order valence-electron chi connectivity index (χ2n) is 4.96. The molecule has 1 aromatic carbocycles. The van der Waals surface area contributed by atoms with Crippen molar-refractivity contribution in [3.05, 3.63) is 27.1 Å². The van der Waals surface area contributed by atoms with Crippen LogP contribution in [0.4, 0.5) is 5.69 Å². The minimum atomic E-state index is -0.266. The molecule has 0 saturated carbocycles. The van der Waals surface area contributed by atoms with E-state index in [4.69, 9.17) is 0 Å². The van der Waals surface area contributed by atoms with Gasteiger partial charge in [-0.2, -0.15) is 0 Å². The molecule has 1 atom stereocenters. The van der Waals surface area contributed by atoms with E-state index in [0.29, 0.717) is 5.92 Å². The maximum absolute atomic E-state index is 11.9. The van der Waals surface area contributed by atoms with Crippen LogP contribution in [0.5, 0.6) is 0 Å². The average molecular weight is 392 g/mol. The van der Waals surface area contributed by atoms with Gasteiger partial charge in [-0.15, -0.1) is 0 Å². The van der Waals surface area contributed by atoms with Crippen LogP contribution in [-0.2, 0) is 4.79 Å². The molecule has 1 unspecified atom stereocenters. The number of carbonyl (C=O) groups excluding carboxylic acids is 1. The molecule has 3 nitrogen and oxygen atoms in total. The first-order valence-corrected chi connectivity index (χ1v) is 7.98. The fraction of sp³-hybridized carbons (Fsp3) is 0.500. The second-order valence-corrected chi connectivity index (χ2v) is 6.73. The first kappa shape index (κ1) is 16.5. The average Bonchev–Trinajstić information content (AvgIpc) is 2.33. The molecule has 106 valence electrons. The highest BCUT2D eigenvalue weighted by Gasteiger charge is 2.13. The first-order chi connectivity index (χ1) is 8.90. The quantitative estimate of drug-likeness (QED) is 0.763. The Labute approximate surface area is 131 Å². The lowest BCUT2D eigenvalue weighted by Crippen LogP contribution is -2.38. The minimum absolute atomic E-state index is 0.0209. The summed E-state index contributed by atoms with van der Waals surface area (Å²) in [6, 6.07) is 5.57. The molecule has 0 saturated heterocycles. The third-order valence-electron chi connectivity index (χ3n) is 2.71. The molecule has 5 heteroatoms. The van der Waals surface area contributed by atoms with Crippen LogP contribution in [0.25, 0.3) is 0 Å². The van der Waals surface area contributed by atoms with E-state index >= 15 is 0 Å². The summed E-state index contributed by atoms with van der Waals surface area (Å²) in [5.74, 6) is 0.621. The molecular formula is C14H20Br2N2O. The Hall–Kier alpha value is -0.550. The number of nitrogens with one attached hydrogen (secondary N) is 2. The monoisotopic (exact) mass is 390 g/mol. The Morgan fingerprint density at radius 3 is 2.58 bits per heavy atom. The number of halogens is 2. The van der Waals surface area contributed by atoms with Crippen molar-refractivity contribution in [3.63, 3.8) is 0 Å². The topological polar surface area (TPSA) is 41.1 Å². The van der Waals surface area contributed by atoms with Gasteiger partial charge in [0.1, 0.15) is 6.04 Å². The van der Waals surface area contributed by atoms with Crippen LogP contribution >= 0.6 is 31.9 Å². The summed E-state index contributed by atoms with van der Waals surface area (Å²) in [7, 11) is 0. The molecule has 0 heterocycles. The van der Waals surface area contributed by atoms with Crippen molar-refractivity contribution in [2.45, 2.75) is 33.2 Å². The van der Waals surface area contributed by atoms with Crippen LogP contribution < -0.4 is 10.6 Å². The molecular weight excluding hydrogens is 372 g/mol. The number of carbonyl (C=O) groups is 1. The Morgan fingerprint density at radius 1 is 1.26 bits per heavy atom.